The standard InChI is InChI=1S/C18H17N3O3/c1-23-15-10-6-7-13(11-15)19-18(22)17-16(24-2)12-21(20-17)14-8-4-3-5-9-14/h3-12H,1-2H3,(H,19,22). The molecule has 0 saturated carbocycles. The topological polar surface area (TPSA) is 65.4 Å². The molecule has 0 bridgehead atoms. The average Bonchev–Trinajstić information content (AvgIpc) is 3.07. The number of carbonyl (C=O) groups excluding carboxylic acids is 1. The number of anilines is 1. The molecule has 0 saturated heterocycles. The minimum Gasteiger partial charge on any atom is -0.497 e. The molecule has 0 unspecified atom stereocenters. The van der Waals surface area contributed by atoms with Crippen molar-refractivity contribution in [3.8, 4) is 17.2 Å². The van der Waals surface area contributed by atoms with Crippen LogP contribution in [-0.2, 0) is 0 Å². The quantitative estimate of drug-likeness (QED) is 0.783. The third-order valence-electron chi connectivity index (χ3n) is 3.46. The van der Waals surface area contributed by atoms with E-state index in [1.807, 2.05) is 30.3 Å². The second-order valence-electron chi connectivity index (χ2n) is 5.01. The summed E-state index contributed by atoms with van der Waals surface area (Å²) < 4.78 is 12.0. The lowest BCUT2D eigenvalue weighted by Gasteiger charge is -2.06. The fraction of sp³-hybridized carbons (Fsp3) is 0.111. The Bertz CT molecular complexity index is 844. The number of nitrogens with zero attached hydrogens (tertiary/aromatic N) is 2. The number of para-hydroxylation sites is 1. The molecule has 0 atom stereocenters. The van der Waals surface area contributed by atoms with E-state index >= 15 is 0 Å². The normalized spacial score (nSPS) is 10.2. The fourth-order valence-corrected chi connectivity index (χ4v) is 2.27. The molecule has 1 aromatic heterocycles. The molecular formula is C18H17N3O3. The van der Waals surface area contributed by atoms with Gasteiger partial charge in [-0.1, -0.05) is 24.3 Å². The number of rotatable bonds is 5. The number of benzene rings is 2. The first-order valence-electron chi connectivity index (χ1n) is 7.36. The van der Waals surface area contributed by atoms with Gasteiger partial charge in [-0.25, -0.2) is 4.68 Å². The number of ether oxygens (including phenoxy) is 2. The Hall–Kier alpha value is -3.28. The number of hydrogen-bond donors (Lipinski definition) is 1. The summed E-state index contributed by atoms with van der Waals surface area (Å²) >= 11 is 0. The highest BCUT2D eigenvalue weighted by Gasteiger charge is 2.18. The van der Waals surface area contributed by atoms with Crippen LogP contribution in [0.2, 0.25) is 0 Å². The third kappa shape index (κ3) is 3.22. The van der Waals surface area contributed by atoms with Gasteiger partial charge in [-0.15, -0.1) is 0 Å². The maximum absolute atomic E-state index is 12.5. The molecule has 0 aliphatic carbocycles. The van der Waals surface area contributed by atoms with E-state index in [0.717, 1.165) is 5.69 Å². The number of nitrogens with one attached hydrogen (secondary N) is 1. The number of carbonyl (C=O) groups is 1. The van der Waals surface area contributed by atoms with Crippen molar-refractivity contribution in [2.75, 3.05) is 19.5 Å². The molecule has 3 aromatic rings. The molecule has 24 heavy (non-hydrogen) atoms. The van der Waals surface area contributed by atoms with Crippen LogP contribution in [0.4, 0.5) is 5.69 Å². The van der Waals surface area contributed by atoms with Crippen molar-refractivity contribution in [2.45, 2.75) is 0 Å². The van der Waals surface area contributed by atoms with Crippen LogP contribution in [0.15, 0.2) is 60.8 Å². The maximum atomic E-state index is 12.5. The first-order valence-corrected chi connectivity index (χ1v) is 7.36. The predicted octanol–water partition coefficient (Wildman–Crippen LogP) is 3.14. The van der Waals surface area contributed by atoms with E-state index in [1.54, 1.807) is 42.3 Å². The second-order valence-corrected chi connectivity index (χ2v) is 5.01. The van der Waals surface area contributed by atoms with Crippen LogP contribution in [0.1, 0.15) is 10.5 Å². The summed E-state index contributed by atoms with van der Waals surface area (Å²) in [6.07, 6.45) is 1.68. The molecule has 122 valence electrons. The lowest BCUT2D eigenvalue weighted by molar-refractivity contribution is 0.101. The molecule has 1 amide bonds. The Morgan fingerprint density at radius 2 is 1.83 bits per heavy atom. The Kier molecular flexibility index (Phi) is 4.47. The lowest BCUT2D eigenvalue weighted by Crippen LogP contribution is -2.14. The van der Waals surface area contributed by atoms with Crippen molar-refractivity contribution in [1.82, 2.24) is 9.78 Å². The number of aromatic nitrogens is 2. The molecule has 0 fully saturated rings. The van der Waals surface area contributed by atoms with Crippen LogP contribution in [-0.4, -0.2) is 29.9 Å². The Morgan fingerprint density at radius 3 is 2.54 bits per heavy atom. The van der Waals surface area contributed by atoms with Gasteiger partial charge in [-0.2, -0.15) is 5.10 Å². The van der Waals surface area contributed by atoms with E-state index in [9.17, 15) is 4.79 Å². The van der Waals surface area contributed by atoms with Crippen molar-refractivity contribution >= 4 is 11.6 Å². The van der Waals surface area contributed by atoms with E-state index in [4.69, 9.17) is 9.47 Å². The van der Waals surface area contributed by atoms with Gasteiger partial charge in [0.1, 0.15) is 5.75 Å². The summed E-state index contributed by atoms with van der Waals surface area (Å²) in [5.41, 5.74) is 1.68. The van der Waals surface area contributed by atoms with E-state index in [1.165, 1.54) is 7.11 Å². The minimum atomic E-state index is -0.352. The Balaban J connectivity index is 1.87. The zero-order valence-corrected chi connectivity index (χ0v) is 13.4. The van der Waals surface area contributed by atoms with Crippen LogP contribution in [0.25, 0.3) is 5.69 Å². The highest BCUT2D eigenvalue weighted by Crippen LogP contribution is 2.22. The summed E-state index contributed by atoms with van der Waals surface area (Å²) in [5, 5.41) is 7.14. The zero-order chi connectivity index (χ0) is 16.9. The molecule has 0 spiro atoms. The van der Waals surface area contributed by atoms with E-state index in [-0.39, 0.29) is 11.6 Å². The van der Waals surface area contributed by atoms with Crippen LogP contribution in [0.5, 0.6) is 11.5 Å². The van der Waals surface area contributed by atoms with Crippen LogP contribution in [0.3, 0.4) is 0 Å². The second kappa shape index (κ2) is 6.87. The lowest BCUT2D eigenvalue weighted by atomic mass is 10.3. The molecule has 0 radical (unpaired) electrons. The van der Waals surface area contributed by atoms with Crippen LogP contribution < -0.4 is 14.8 Å². The van der Waals surface area contributed by atoms with Gasteiger partial charge in [0.15, 0.2) is 11.4 Å². The van der Waals surface area contributed by atoms with E-state index in [0.29, 0.717) is 17.2 Å². The van der Waals surface area contributed by atoms with Crippen LogP contribution in [0, 0.1) is 0 Å². The summed E-state index contributed by atoms with van der Waals surface area (Å²) in [5.74, 6) is 0.712. The highest BCUT2D eigenvalue weighted by molar-refractivity contribution is 6.04. The zero-order valence-electron chi connectivity index (χ0n) is 13.4. The smallest absolute Gasteiger partial charge is 0.280 e. The van der Waals surface area contributed by atoms with Gasteiger partial charge in [0.2, 0.25) is 0 Å². The predicted molar refractivity (Wildman–Crippen MR) is 91.1 cm³/mol. The van der Waals surface area contributed by atoms with Gasteiger partial charge in [-0.3, -0.25) is 4.79 Å². The van der Waals surface area contributed by atoms with Gasteiger partial charge < -0.3 is 14.8 Å². The SMILES string of the molecule is COc1cccc(NC(=O)c2nn(-c3ccccc3)cc2OC)c1. The first kappa shape index (κ1) is 15.6. The van der Waals surface area contributed by atoms with Crippen molar-refractivity contribution in [3.05, 3.63) is 66.5 Å². The van der Waals surface area contributed by atoms with Crippen molar-refractivity contribution in [1.29, 1.82) is 0 Å². The summed E-state index contributed by atoms with van der Waals surface area (Å²) in [6, 6.07) is 16.6. The van der Waals surface area contributed by atoms with E-state index < -0.39 is 0 Å². The minimum absolute atomic E-state index is 0.212. The number of amides is 1. The molecule has 1 N–H and O–H groups in total. The van der Waals surface area contributed by atoms with Gasteiger partial charge in [0.25, 0.3) is 5.91 Å². The van der Waals surface area contributed by atoms with Gasteiger partial charge in [0, 0.05) is 11.8 Å². The molecule has 2 aromatic carbocycles. The third-order valence-corrected chi connectivity index (χ3v) is 3.46. The summed E-state index contributed by atoms with van der Waals surface area (Å²) in [7, 11) is 3.08. The molecule has 0 aliphatic rings. The Labute approximate surface area is 139 Å². The van der Waals surface area contributed by atoms with Gasteiger partial charge in [-0.05, 0) is 24.3 Å². The van der Waals surface area contributed by atoms with E-state index in [2.05, 4.69) is 10.4 Å². The van der Waals surface area contributed by atoms with Crippen molar-refractivity contribution in [3.63, 3.8) is 0 Å². The number of methoxy groups -OCH3 is 2. The first-order chi connectivity index (χ1) is 11.7. The molecular weight excluding hydrogens is 306 g/mol. The highest BCUT2D eigenvalue weighted by atomic mass is 16.5. The van der Waals surface area contributed by atoms with Gasteiger partial charge in [0.05, 0.1) is 26.1 Å². The van der Waals surface area contributed by atoms with Crippen molar-refractivity contribution in [2.24, 2.45) is 0 Å². The summed E-state index contributed by atoms with van der Waals surface area (Å²) in [6.45, 7) is 0. The molecule has 6 heteroatoms. The fourth-order valence-electron chi connectivity index (χ4n) is 2.27. The monoisotopic (exact) mass is 323 g/mol. The largest absolute Gasteiger partial charge is 0.497 e. The Morgan fingerprint density at radius 1 is 1.04 bits per heavy atom. The molecule has 6 nitrogen and oxygen atoms in total. The number of hydrogen-bond acceptors (Lipinski definition) is 4. The van der Waals surface area contributed by atoms with Crippen molar-refractivity contribution < 1.29 is 14.3 Å². The molecule has 0 aliphatic heterocycles. The maximum Gasteiger partial charge on any atom is 0.280 e. The van der Waals surface area contributed by atoms with Crippen LogP contribution >= 0.6 is 0 Å². The molecule has 3 rings (SSSR count). The van der Waals surface area contributed by atoms with Gasteiger partial charge >= 0.3 is 0 Å². The summed E-state index contributed by atoms with van der Waals surface area (Å²) in [4.78, 5) is 12.5. The molecule has 1 heterocycles. The average molecular weight is 323 g/mol.